The van der Waals surface area contributed by atoms with E-state index in [1.165, 1.54) is 13.3 Å². The topological polar surface area (TPSA) is 83.5 Å². The second-order valence-corrected chi connectivity index (χ2v) is 7.16. The Morgan fingerprint density at radius 1 is 1.43 bits per heavy atom. The Hall–Kier alpha value is -1.47. The Morgan fingerprint density at radius 3 is 2.62 bits per heavy atom. The molecular weight excluding hydrogens is 297 g/mol. The number of sulfonamides is 1. The molecule has 7 heteroatoms. The minimum atomic E-state index is -3.82. The summed E-state index contributed by atoms with van der Waals surface area (Å²) in [5.41, 5.74) is -0.636. The molecule has 0 amide bonds. The molecule has 2 N–H and O–H groups in total. The van der Waals surface area contributed by atoms with Crippen molar-refractivity contribution in [3.05, 3.63) is 29.1 Å². The van der Waals surface area contributed by atoms with Gasteiger partial charge in [0.2, 0.25) is 10.0 Å². The van der Waals surface area contributed by atoms with Crippen molar-refractivity contribution in [2.24, 2.45) is 5.92 Å². The molecule has 0 spiro atoms. The predicted molar refractivity (Wildman–Crippen MR) is 75.2 cm³/mol. The molecule has 0 unspecified atom stereocenters. The minimum Gasteiger partial charge on any atom is -0.478 e. The van der Waals surface area contributed by atoms with Crippen LogP contribution < -0.4 is 4.72 Å². The van der Waals surface area contributed by atoms with Crippen molar-refractivity contribution in [3.63, 3.8) is 0 Å². The third kappa shape index (κ3) is 3.59. The van der Waals surface area contributed by atoms with Crippen LogP contribution in [-0.4, -0.2) is 26.0 Å². The summed E-state index contributed by atoms with van der Waals surface area (Å²) in [5, 5.41) is 8.91. The number of carbonyl (C=O) groups is 1. The molecule has 5 nitrogen and oxygen atoms in total. The summed E-state index contributed by atoms with van der Waals surface area (Å²) in [6, 6.07) is 2.00. The molecule has 21 heavy (non-hydrogen) atoms. The Morgan fingerprint density at radius 2 is 2.10 bits per heavy atom. The highest BCUT2D eigenvalue weighted by atomic mass is 32.2. The van der Waals surface area contributed by atoms with E-state index < -0.39 is 27.4 Å². The third-order valence-corrected chi connectivity index (χ3v) is 5.28. The summed E-state index contributed by atoms with van der Waals surface area (Å²) in [7, 11) is -3.82. The maximum Gasteiger partial charge on any atom is 0.338 e. The number of carboxylic acid groups (broad SMARTS) is 1. The van der Waals surface area contributed by atoms with Gasteiger partial charge in [0.25, 0.3) is 0 Å². The molecule has 0 radical (unpaired) electrons. The minimum absolute atomic E-state index is 0.00531. The van der Waals surface area contributed by atoms with Crippen molar-refractivity contribution >= 4 is 16.0 Å². The van der Waals surface area contributed by atoms with Gasteiger partial charge in [-0.05, 0) is 37.0 Å². The van der Waals surface area contributed by atoms with Gasteiger partial charge in [-0.2, -0.15) is 0 Å². The lowest BCUT2D eigenvalue weighted by Gasteiger charge is -2.25. The van der Waals surface area contributed by atoms with Crippen molar-refractivity contribution in [2.45, 2.75) is 37.5 Å². The fourth-order valence-corrected chi connectivity index (χ4v) is 3.47. The van der Waals surface area contributed by atoms with Crippen LogP contribution in [-0.2, 0) is 10.0 Å². The number of nitrogens with one attached hydrogen (secondary N) is 1. The highest BCUT2D eigenvalue weighted by molar-refractivity contribution is 7.89. The fourth-order valence-electron chi connectivity index (χ4n) is 2.31. The quantitative estimate of drug-likeness (QED) is 0.843. The molecule has 1 aromatic carbocycles. The molecule has 0 saturated heterocycles. The zero-order chi connectivity index (χ0) is 15.6. The Balaban J connectivity index is 2.16. The molecule has 2 rings (SSSR count). The van der Waals surface area contributed by atoms with Gasteiger partial charge in [0, 0.05) is 6.54 Å². The second kappa shape index (κ2) is 6.11. The van der Waals surface area contributed by atoms with E-state index in [0.29, 0.717) is 12.5 Å². The van der Waals surface area contributed by atoms with Crippen LogP contribution in [0.15, 0.2) is 17.0 Å². The van der Waals surface area contributed by atoms with Crippen molar-refractivity contribution in [1.29, 1.82) is 0 Å². The number of carboxylic acids is 1. The molecule has 1 aliphatic rings. The maximum absolute atomic E-state index is 13.6. The molecular formula is C14H18FNO4S. The van der Waals surface area contributed by atoms with E-state index in [0.717, 1.165) is 31.4 Å². The summed E-state index contributed by atoms with van der Waals surface area (Å²) in [4.78, 5) is 10.7. The van der Waals surface area contributed by atoms with Crippen LogP contribution in [0.3, 0.4) is 0 Å². The fraction of sp³-hybridized carbons (Fsp3) is 0.500. The average molecular weight is 315 g/mol. The summed E-state index contributed by atoms with van der Waals surface area (Å²) in [5.74, 6) is -1.82. The molecule has 116 valence electrons. The lowest BCUT2D eigenvalue weighted by Crippen LogP contribution is -2.28. The lowest BCUT2D eigenvalue weighted by molar-refractivity contribution is 0.0691. The van der Waals surface area contributed by atoms with Gasteiger partial charge in [-0.3, -0.25) is 0 Å². The summed E-state index contributed by atoms with van der Waals surface area (Å²) < 4.78 is 40.3. The van der Waals surface area contributed by atoms with Crippen LogP contribution in [0.4, 0.5) is 4.39 Å². The number of aromatic carboxylic acids is 1. The molecule has 1 saturated carbocycles. The van der Waals surface area contributed by atoms with Crippen molar-refractivity contribution in [1.82, 2.24) is 4.72 Å². The van der Waals surface area contributed by atoms with Crippen LogP contribution in [0.5, 0.6) is 0 Å². The van der Waals surface area contributed by atoms with Gasteiger partial charge in [0.1, 0.15) is 5.82 Å². The second-order valence-electron chi connectivity index (χ2n) is 5.39. The van der Waals surface area contributed by atoms with Gasteiger partial charge in [0.05, 0.1) is 10.5 Å². The smallest absolute Gasteiger partial charge is 0.338 e. The highest BCUT2D eigenvalue weighted by Crippen LogP contribution is 2.29. The molecule has 0 heterocycles. The average Bonchev–Trinajstić information content (AvgIpc) is 2.35. The lowest BCUT2D eigenvalue weighted by atomic mass is 9.83. The number of rotatable bonds is 6. The Labute approximate surface area is 123 Å². The summed E-state index contributed by atoms with van der Waals surface area (Å²) in [6.07, 6.45) is 4.21. The number of aryl methyl sites for hydroxylation is 1. The highest BCUT2D eigenvalue weighted by Gasteiger charge is 2.22. The van der Waals surface area contributed by atoms with E-state index in [2.05, 4.69) is 4.72 Å². The van der Waals surface area contributed by atoms with Crippen molar-refractivity contribution in [2.75, 3.05) is 6.54 Å². The van der Waals surface area contributed by atoms with E-state index in [4.69, 9.17) is 5.11 Å². The molecule has 1 fully saturated rings. The Kier molecular flexibility index (Phi) is 4.63. The first-order valence-corrected chi connectivity index (χ1v) is 8.32. The van der Waals surface area contributed by atoms with Crippen LogP contribution >= 0.6 is 0 Å². The van der Waals surface area contributed by atoms with Crippen LogP contribution in [0.1, 0.15) is 41.6 Å². The number of benzene rings is 1. The zero-order valence-electron chi connectivity index (χ0n) is 11.7. The van der Waals surface area contributed by atoms with Crippen LogP contribution in [0.2, 0.25) is 0 Å². The first-order valence-electron chi connectivity index (χ1n) is 6.84. The van der Waals surface area contributed by atoms with Crippen molar-refractivity contribution in [3.8, 4) is 0 Å². The molecule has 0 atom stereocenters. The first-order chi connectivity index (χ1) is 9.81. The molecule has 1 aliphatic carbocycles. The van der Waals surface area contributed by atoms with Gasteiger partial charge < -0.3 is 5.11 Å². The van der Waals surface area contributed by atoms with Crippen LogP contribution in [0, 0.1) is 18.7 Å². The monoisotopic (exact) mass is 315 g/mol. The number of hydrogen-bond acceptors (Lipinski definition) is 3. The van der Waals surface area contributed by atoms with E-state index >= 15 is 0 Å². The van der Waals surface area contributed by atoms with Gasteiger partial charge in [-0.1, -0.05) is 19.3 Å². The number of hydrogen-bond donors (Lipinski definition) is 2. The normalized spacial score (nSPS) is 15.7. The first kappa shape index (κ1) is 15.9. The zero-order valence-corrected chi connectivity index (χ0v) is 12.5. The largest absolute Gasteiger partial charge is 0.478 e. The maximum atomic E-state index is 13.6. The molecule has 0 aromatic heterocycles. The summed E-state index contributed by atoms with van der Waals surface area (Å²) in [6.45, 7) is 1.65. The SMILES string of the molecule is Cc1cc(S(=O)(=O)NCCC2CCC2)cc(C(=O)O)c1F. The van der Waals surface area contributed by atoms with Crippen LogP contribution in [0.25, 0.3) is 0 Å². The molecule has 1 aromatic rings. The summed E-state index contributed by atoms with van der Waals surface area (Å²) >= 11 is 0. The molecule has 0 bridgehead atoms. The van der Waals surface area contributed by atoms with E-state index in [1.54, 1.807) is 0 Å². The van der Waals surface area contributed by atoms with Gasteiger partial charge in [-0.15, -0.1) is 0 Å². The standard InChI is InChI=1S/C14H18FNO4S/c1-9-7-11(8-12(13(9)15)14(17)18)21(19,20)16-6-5-10-3-2-4-10/h7-8,10,16H,2-6H2,1H3,(H,17,18). The van der Waals surface area contributed by atoms with Crippen molar-refractivity contribution < 1.29 is 22.7 Å². The third-order valence-electron chi connectivity index (χ3n) is 3.84. The van der Waals surface area contributed by atoms with E-state index in [-0.39, 0.29) is 10.5 Å². The molecule has 0 aliphatic heterocycles. The number of halogens is 1. The van der Waals surface area contributed by atoms with Gasteiger partial charge in [-0.25, -0.2) is 22.3 Å². The van der Waals surface area contributed by atoms with Gasteiger partial charge >= 0.3 is 5.97 Å². The van der Waals surface area contributed by atoms with Gasteiger partial charge in [0.15, 0.2) is 0 Å². The van der Waals surface area contributed by atoms with E-state index in [9.17, 15) is 17.6 Å². The van der Waals surface area contributed by atoms with E-state index in [1.807, 2.05) is 0 Å². The predicted octanol–water partition coefficient (Wildman–Crippen LogP) is 2.30. The Bertz CT molecular complexity index is 653.